The molecular weight excluding hydrogens is 475 g/mol. The van der Waals surface area contributed by atoms with Crippen LogP contribution in [-0.2, 0) is 26.1 Å². The minimum Gasteiger partial charge on any atom is -0.334 e. The fourth-order valence-electron chi connectivity index (χ4n) is 4.66. The van der Waals surface area contributed by atoms with Gasteiger partial charge in [0, 0.05) is 24.0 Å². The second kappa shape index (κ2) is 9.50. The van der Waals surface area contributed by atoms with Crippen LogP contribution in [-0.4, -0.2) is 24.3 Å². The molecule has 0 atom stereocenters. The summed E-state index contributed by atoms with van der Waals surface area (Å²) in [5.74, 6) is 0.351. The van der Waals surface area contributed by atoms with Gasteiger partial charge in [0.15, 0.2) is 5.69 Å². The molecular formula is C29H28F3N5. The van der Waals surface area contributed by atoms with Crippen molar-refractivity contribution in [1.29, 1.82) is 0 Å². The zero-order valence-electron chi connectivity index (χ0n) is 21.2. The number of rotatable bonds is 6. The summed E-state index contributed by atoms with van der Waals surface area (Å²) in [6.07, 6.45) is -1.19. The molecule has 0 unspecified atom stereocenters. The normalized spacial score (nSPS) is 12.1. The van der Waals surface area contributed by atoms with Gasteiger partial charge < -0.3 is 4.57 Å². The van der Waals surface area contributed by atoms with Gasteiger partial charge in [-0.3, -0.25) is 4.98 Å². The minimum atomic E-state index is -4.47. The zero-order valence-corrected chi connectivity index (χ0v) is 21.2. The maximum Gasteiger partial charge on any atom is 0.435 e. The van der Waals surface area contributed by atoms with Crippen LogP contribution < -0.4 is 0 Å². The first kappa shape index (κ1) is 24.7. The third-order valence-corrected chi connectivity index (χ3v) is 6.63. The fourth-order valence-corrected chi connectivity index (χ4v) is 4.66. The van der Waals surface area contributed by atoms with Crippen LogP contribution in [0.1, 0.15) is 48.0 Å². The molecule has 5 rings (SSSR count). The number of pyridine rings is 1. The minimum absolute atomic E-state index is 0.351. The molecule has 0 saturated heterocycles. The summed E-state index contributed by atoms with van der Waals surface area (Å²) >= 11 is 0. The van der Waals surface area contributed by atoms with E-state index in [0.29, 0.717) is 17.3 Å². The molecule has 190 valence electrons. The number of imidazole rings is 1. The first-order valence-corrected chi connectivity index (χ1v) is 12.2. The van der Waals surface area contributed by atoms with Gasteiger partial charge in [-0.2, -0.15) is 18.3 Å². The molecule has 0 aliphatic heterocycles. The highest BCUT2D eigenvalue weighted by molar-refractivity contribution is 5.91. The van der Waals surface area contributed by atoms with Crippen molar-refractivity contribution in [3.63, 3.8) is 0 Å². The van der Waals surface area contributed by atoms with Crippen molar-refractivity contribution in [2.75, 3.05) is 0 Å². The van der Waals surface area contributed by atoms with Crippen molar-refractivity contribution < 1.29 is 13.2 Å². The van der Waals surface area contributed by atoms with E-state index < -0.39 is 11.9 Å². The van der Waals surface area contributed by atoms with Crippen LogP contribution in [0.3, 0.4) is 0 Å². The summed E-state index contributed by atoms with van der Waals surface area (Å²) in [6, 6.07) is 19.0. The van der Waals surface area contributed by atoms with E-state index in [1.54, 1.807) is 19.1 Å². The van der Waals surface area contributed by atoms with Gasteiger partial charge in [0.25, 0.3) is 0 Å². The second-order valence-electron chi connectivity index (χ2n) is 9.67. The number of alkyl halides is 3. The molecule has 0 aliphatic carbocycles. The van der Waals surface area contributed by atoms with E-state index >= 15 is 0 Å². The summed E-state index contributed by atoms with van der Waals surface area (Å²) in [7, 11) is 1.98. The van der Waals surface area contributed by atoms with Crippen LogP contribution in [0.4, 0.5) is 13.2 Å². The Morgan fingerprint density at radius 3 is 2.35 bits per heavy atom. The van der Waals surface area contributed by atoms with Gasteiger partial charge in [0.1, 0.15) is 5.52 Å². The molecule has 5 nitrogen and oxygen atoms in total. The number of aromatic nitrogens is 5. The highest BCUT2D eigenvalue weighted by Crippen LogP contribution is 2.33. The lowest BCUT2D eigenvalue weighted by atomic mass is 9.94. The summed E-state index contributed by atoms with van der Waals surface area (Å²) < 4.78 is 42.4. The van der Waals surface area contributed by atoms with Gasteiger partial charge in [-0.1, -0.05) is 50.2 Å². The molecule has 0 radical (unpaired) electrons. The van der Waals surface area contributed by atoms with Crippen LogP contribution in [0.15, 0.2) is 67.0 Å². The third kappa shape index (κ3) is 4.88. The third-order valence-electron chi connectivity index (χ3n) is 6.63. The number of hydrogen-bond acceptors (Lipinski definition) is 3. The molecule has 0 aliphatic rings. The van der Waals surface area contributed by atoms with E-state index in [4.69, 9.17) is 4.98 Å². The Morgan fingerprint density at radius 2 is 1.68 bits per heavy atom. The molecule has 0 fully saturated rings. The Morgan fingerprint density at radius 1 is 0.946 bits per heavy atom. The maximum absolute atomic E-state index is 13.0. The van der Waals surface area contributed by atoms with Crippen molar-refractivity contribution in [3.05, 3.63) is 95.2 Å². The lowest BCUT2D eigenvalue weighted by Crippen LogP contribution is -2.07. The first-order chi connectivity index (χ1) is 17.6. The highest BCUT2D eigenvalue weighted by Gasteiger charge is 2.34. The molecule has 0 saturated carbocycles. The van der Waals surface area contributed by atoms with Crippen molar-refractivity contribution in [3.8, 4) is 16.9 Å². The number of nitrogens with zero attached hydrogens (tertiary/aromatic N) is 5. The number of aryl methyl sites for hydroxylation is 4. The summed E-state index contributed by atoms with van der Waals surface area (Å²) in [5.41, 5.74) is 7.31. The van der Waals surface area contributed by atoms with Crippen LogP contribution in [0.25, 0.3) is 28.0 Å². The molecule has 5 aromatic rings. The van der Waals surface area contributed by atoms with Gasteiger partial charge >= 0.3 is 6.18 Å². The lowest BCUT2D eigenvalue weighted by Gasteiger charge is -2.14. The number of benzene rings is 2. The molecule has 0 spiro atoms. The summed E-state index contributed by atoms with van der Waals surface area (Å²) in [4.78, 5) is 9.69. The summed E-state index contributed by atoms with van der Waals surface area (Å²) in [6.45, 7) is 5.97. The largest absolute Gasteiger partial charge is 0.435 e. The Hall–Kier alpha value is -3.94. The monoisotopic (exact) mass is 503 g/mol. The topological polar surface area (TPSA) is 48.5 Å². The maximum atomic E-state index is 13.0. The van der Waals surface area contributed by atoms with Gasteiger partial charge in [-0.25, -0.2) is 9.67 Å². The lowest BCUT2D eigenvalue weighted by molar-refractivity contribution is -0.141. The molecule has 2 aromatic carbocycles. The van der Waals surface area contributed by atoms with Gasteiger partial charge in [-0.05, 0) is 61.1 Å². The van der Waals surface area contributed by atoms with E-state index in [2.05, 4.69) is 48.2 Å². The first-order valence-electron chi connectivity index (χ1n) is 12.2. The Kier molecular flexibility index (Phi) is 6.35. The van der Waals surface area contributed by atoms with Gasteiger partial charge in [0.2, 0.25) is 0 Å². The molecule has 0 N–H and O–H groups in total. The number of fused-ring (bicyclic) bond motifs is 1. The Balaban J connectivity index is 1.42. The van der Waals surface area contributed by atoms with Crippen LogP contribution in [0.2, 0.25) is 0 Å². The number of hydrogen-bond donors (Lipinski definition) is 0. The van der Waals surface area contributed by atoms with Crippen LogP contribution >= 0.6 is 0 Å². The van der Waals surface area contributed by atoms with Gasteiger partial charge in [-0.15, -0.1) is 0 Å². The average molecular weight is 504 g/mol. The number of halogens is 3. The predicted molar refractivity (Wildman–Crippen MR) is 139 cm³/mol. The van der Waals surface area contributed by atoms with E-state index in [9.17, 15) is 13.2 Å². The standard InChI is InChI=1S/C29H28F3N5/c1-18(2)23-7-5-6-8-24(23)27-28-25(36(4)17-33-28)16-21(34-27)12-9-20-10-13-22(14-11-20)37-19(3)15-26(35-37)29(30,31)32/h5-8,10-11,13-18H,9,12H2,1-4H3. The Labute approximate surface area is 213 Å². The zero-order chi connectivity index (χ0) is 26.3. The van der Waals surface area contributed by atoms with Crippen molar-refractivity contribution in [2.24, 2.45) is 7.05 Å². The molecule has 3 heterocycles. The predicted octanol–water partition coefficient (Wildman–Crippen LogP) is 7.06. The van der Waals surface area contributed by atoms with Gasteiger partial charge in [0.05, 0.1) is 23.2 Å². The highest BCUT2D eigenvalue weighted by atomic mass is 19.4. The molecule has 0 bridgehead atoms. The molecule has 0 amide bonds. The fraction of sp³-hybridized carbons (Fsp3) is 0.276. The van der Waals surface area contributed by atoms with E-state index in [-0.39, 0.29) is 0 Å². The molecule has 37 heavy (non-hydrogen) atoms. The molecule has 8 heteroatoms. The van der Waals surface area contributed by atoms with Crippen LogP contribution in [0.5, 0.6) is 0 Å². The SMILES string of the molecule is Cc1cc(C(F)(F)F)nn1-c1ccc(CCc2cc3c(ncn3C)c(-c3ccccc3C(C)C)n2)cc1. The smallest absolute Gasteiger partial charge is 0.334 e. The van der Waals surface area contributed by atoms with E-state index in [1.807, 2.05) is 36.1 Å². The quantitative estimate of drug-likeness (QED) is 0.249. The van der Waals surface area contributed by atoms with Crippen molar-refractivity contribution in [2.45, 2.75) is 45.7 Å². The van der Waals surface area contributed by atoms with Crippen molar-refractivity contribution in [1.82, 2.24) is 24.3 Å². The van der Waals surface area contributed by atoms with Crippen LogP contribution in [0, 0.1) is 6.92 Å². The van der Waals surface area contributed by atoms with E-state index in [1.165, 1.54) is 10.2 Å². The molecule has 3 aromatic heterocycles. The van der Waals surface area contributed by atoms with E-state index in [0.717, 1.165) is 52.5 Å². The Bertz CT molecular complexity index is 1560. The average Bonchev–Trinajstić information content (AvgIpc) is 3.45. The van der Waals surface area contributed by atoms with Crippen molar-refractivity contribution >= 4 is 11.0 Å². The summed E-state index contributed by atoms with van der Waals surface area (Å²) in [5, 5.41) is 3.74. The second-order valence-corrected chi connectivity index (χ2v) is 9.67.